The van der Waals surface area contributed by atoms with Gasteiger partial charge in [0.25, 0.3) is 0 Å². The number of hydrogen-bond acceptors (Lipinski definition) is 4. The molecule has 0 heterocycles. The number of hydrogen-bond donors (Lipinski definition) is 1. The molecule has 1 aromatic carbocycles. The highest BCUT2D eigenvalue weighted by molar-refractivity contribution is 7.92. The molecule has 0 saturated carbocycles. The Morgan fingerprint density at radius 3 is 2.44 bits per heavy atom. The minimum absolute atomic E-state index is 0.0717. The molecule has 0 spiro atoms. The lowest BCUT2D eigenvalue weighted by atomic mass is 10.1. The smallest absolute Gasteiger partial charge is 0.307 e. The molecule has 0 bridgehead atoms. The molecule has 5 nitrogen and oxygen atoms in total. The predicted octanol–water partition coefficient (Wildman–Crippen LogP) is 1.58. The minimum atomic E-state index is -3.68. The van der Waals surface area contributed by atoms with Crippen LogP contribution >= 0.6 is 0 Å². The highest BCUT2D eigenvalue weighted by atomic mass is 32.2. The van der Waals surface area contributed by atoms with Crippen molar-refractivity contribution in [2.75, 3.05) is 7.11 Å². The number of aliphatic carboxylic acids is 1. The van der Waals surface area contributed by atoms with E-state index in [9.17, 15) is 13.2 Å². The van der Waals surface area contributed by atoms with Crippen molar-refractivity contribution in [3.05, 3.63) is 24.3 Å². The van der Waals surface area contributed by atoms with E-state index in [1.165, 1.54) is 33.1 Å². The molecule has 18 heavy (non-hydrogen) atoms. The molecule has 6 heteroatoms. The summed E-state index contributed by atoms with van der Waals surface area (Å²) in [4.78, 5) is 10.9. The third kappa shape index (κ3) is 2.81. The number of rotatable bonds is 5. The molecule has 1 aromatic rings. The monoisotopic (exact) mass is 272 g/mol. The molecule has 0 radical (unpaired) electrons. The lowest BCUT2D eigenvalue weighted by molar-refractivity contribution is -0.141. The quantitative estimate of drug-likeness (QED) is 0.880. The van der Waals surface area contributed by atoms with Crippen LogP contribution in [0.5, 0.6) is 5.75 Å². The van der Waals surface area contributed by atoms with Gasteiger partial charge in [-0.2, -0.15) is 0 Å². The first kappa shape index (κ1) is 14.5. The fraction of sp³-hybridized carbons (Fsp3) is 0.417. The van der Waals surface area contributed by atoms with Crippen molar-refractivity contribution >= 4 is 15.8 Å². The summed E-state index contributed by atoms with van der Waals surface area (Å²) >= 11 is 0. The van der Waals surface area contributed by atoms with E-state index in [2.05, 4.69) is 0 Å². The number of carboxylic acid groups (broad SMARTS) is 1. The van der Waals surface area contributed by atoms with Gasteiger partial charge in [-0.25, -0.2) is 8.42 Å². The second-order valence-corrected chi connectivity index (χ2v) is 6.36. The Morgan fingerprint density at radius 1 is 1.33 bits per heavy atom. The zero-order chi connectivity index (χ0) is 13.9. The van der Waals surface area contributed by atoms with Gasteiger partial charge < -0.3 is 9.84 Å². The van der Waals surface area contributed by atoms with Crippen LogP contribution in [-0.2, 0) is 14.6 Å². The van der Waals surface area contributed by atoms with Crippen molar-refractivity contribution in [1.29, 1.82) is 0 Å². The maximum Gasteiger partial charge on any atom is 0.307 e. The number of ether oxygens (including phenoxy) is 1. The van der Waals surface area contributed by atoms with Crippen molar-refractivity contribution in [1.82, 2.24) is 0 Å². The zero-order valence-corrected chi connectivity index (χ0v) is 11.3. The van der Waals surface area contributed by atoms with Crippen LogP contribution in [0.2, 0.25) is 0 Å². The predicted molar refractivity (Wildman–Crippen MR) is 66.4 cm³/mol. The van der Waals surface area contributed by atoms with Gasteiger partial charge in [-0.05, 0) is 25.1 Å². The van der Waals surface area contributed by atoms with E-state index in [1.807, 2.05) is 0 Å². The molecule has 1 rings (SSSR count). The van der Waals surface area contributed by atoms with E-state index in [-0.39, 0.29) is 4.90 Å². The molecule has 2 unspecified atom stereocenters. The van der Waals surface area contributed by atoms with Gasteiger partial charge in [0, 0.05) is 0 Å². The van der Waals surface area contributed by atoms with E-state index in [4.69, 9.17) is 9.84 Å². The standard InChI is InChI=1S/C12H16O5S/c1-8(12(13)14)9(2)18(15,16)11-6-4-5-10(7-11)17-3/h4-9H,1-3H3,(H,13,14). The van der Waals surface area contributed by atoms with Gasteiger partial charge in [0.15, 0.2) is 9.84 Å². The van der Waals surface area contributed by atoms with Gasteiger partial charge in [0.2, 0.25) is 0 Å². The van der Waals surface area contributed by atoms with Crippen LogP contribution in [0.15, 0.2) is 29.2 Å². The third-order valence-corrected chi connectivity index (χ3v) is 5.25. The fourth-order valence-electron chi connectivity index (χ4n) is 1.46. The summed E-state index contributed by atoms with van der Waals surface area (Å²) in [6.07, 6.45) is 0. The lowest BCUT2D eigenvalue weighted by Gasteiger charge is -2.17. The molecule has 0 aliphatic rings. The summed E-state index contributed by atoms with van der Waals surface area (Å²) in [6, 6.07) is 6.01. The van der Waals surface area contributed by atoms with E-state index in [0.29, 0.717) is 5.75 Å². The summed E-state index contributed by atoms with van der Waals surface area (Å²) in [6.45, 7) is 2.78. The second-order valence-electron chi connectivity index (χ2n) is 4.06. The van der Waals surface area contributed by atoms with E-state index < -0.39 is 27.0 Å². The van der Waals surface area contributed by atoms with Crippen molar-refractivity contribution in [2.24, 2.45) is 5.92 Å². The minimum Gasteiger partial charge on any atom is -0.497 e. The molecule has 2 atom stereocenters. The van der Waals surface area contributed by atoms with Crippen LogP contribution < -0.4 is 4.74 Å². The molecule has 1 N–H and O–H groups in total. The molecular formula is C12H16O5S. The molecular weight excluding hydrogens is 256 g/mol. The number of carbonyl (C=O) groups is 1. The van der Waals surface area contributed by atoms with Crippen molar-refractivity contribution in [3.63, 3.8) is 0 Å². The van der Waals surface area contributed by atoms with E-state index >= 15 is 0 Å². The van der Waals surface area contributed by atoms with Crippen LogP contribution in [0.4, 0.5) is 0 Å². The summed E-state index contributed by atoms with van der Waals surface area (Å²) in [5, 5.41) is 7.88. The van der Waals surface area contributed by atoms with Gasteiger partial charge in [-0.1, -0.05) is 13.0 Å². The Bertz CT molecular complexity index is 535. The lowest BCUT2D eigenvalue weighted by Crippen LogP contribution is -2.30. The van der Waals surface area contributed by atoms with Crippen molar-refractivity contribution in [3.8, 4) is 5.75 Å². The van der Waals surface area contributed by atoms with E-state index in [0.717, 1.165) is 0 Å². The van der Waals surface area contributed by atoms with Crippen molar-refractivity contribution in [2.45, 2.75) is 24.0 Å². The molecule has 100 valence electrons. The van der Waals surface area contributed by atoms with Gasteiger partial charge in [-0.15, -0.1) is 0 Å². The molecule has 0 aliphatic carbocycles. The Balaban J connectivity index is 3.16. The van der Waals surface area contributed by atoms with Crippen LogP contribution in [0.25, 0.3) is 0 Å². The summed E-state index contributed by atoms with van der Waals surface area (Å²) < 4.78 is 29.4. The third-order valence-electron chi connectivity index (χ3n) is 2.95. The van der Waals surface area contributed by atoms with Crippen LogP contribution in [0.3, 0.4) is 0 Å². The topological polar surface area (TPSA) is 80.7 Å². The normalized spacial score (nSPS) is 14.8. The summed E-state index contributed by atoms with van der Waals surface area (Å²) in [7, 11) is -2.24. The fourth-order valence-corrected chi connectivity index (χ4v) is 3.09. The Kier molecular flexibility index (Phi) is 4.34. The summed E-state index contributed by atoms with van der Waals surface area (Å²) in [5.74, 6) is -1.68. The Hall–Kier alpha value is -1.56. The number of carboxylic acids is 1. The van der Waals surface area contributed by atoms with Gasteiger partial charge in [0.1, 0.15) is 5.75 Å². The Labute approximate surface area is 106 Å². The average Bonchev–Trinajstić information content (AvgIpc) is 2.36. The first-order valence-corrected chi connectivity index (χ1v) is 6.96. The SMILES string of the molecule is COc1cccc(S(=O)(=O)C(C)C(C)C(=O)O)c1. The molecule has 0 aromatic heterocycles. The average molecular weight is 272 g/mol. The largest absolute Gasteiger partial charge is 0.497 e. The number of methoxy groups -OCH3 is 1. The first-order chi connectivity index (χ1) is 8.30. The van der Waals surface area contributed by atoms with Crippen LogP contribution in [0, 0.1) is 5.92 Å². The molecule has 0 aliphatic heterocycles. The highest BCUT2D eigenvalue weighted by Gasteiger charge is 2.32. The molecule has 0 fully saturated rings. The number of benzene rings is 1. The maximum absolute atomic E-state index is 12.2. The zero-order valence-electron chi connectivity index (χ0n) is 10.5. The molecule has 0 amide bonds. The van der Waals surface area contributed by atoms with Crippen LogP contribution in [-0.4, -0.2) is 31.9 Å². The van der Waals surface area contributed by atoms with Gasteiger partial charge in [-0.3, -0.25) is 4.79 Å². The van der Waals surface area contributed by atoms with E-state index in [1.54, 1.807) is 12.1 Å². The first-order valence-electron chi connectivity index (χ1n) is 5.41. The Morgan fingerprint density at radius 2 is 1.94 bits per heavy atom. The van der Waals surface area contributed by atoms with Gasteiger partial charge >= 0.3 is 5.97 Å². The summed E-state index contributed by atoms with van der Waals surface area (Å²) in [5.41, 5.74) is 0. The second kappa shape index (κ2) is 5.39. The van der Waals surface area contributed by atoms with Crippen molar-refractivity contribution < 1.29 is 23.1 Å². The molecule has 0 saturated heterocycles. The number of sulfone groups is 1. The highest BCUT2D eigenvalue weighted by Crippen LogP contribution is 2.24. The maximum atomic E-state index is 12.2. The van der Waals surface area contributed by atoms with Gasteiger partial charge in [0.05, 0.1) is 23.2 Å². The van der Waals surface area contributed by atoms with Crippen LogP contribution in [0.1, 0.15) is 13.8 Å².